The Morgan fingerprint density at radius 2 is 1.93 bits per heavy atom. The predicted molar refractivity (Wildman–Crippen MR) is 38.4 cm³/mol. The summed E-state index contributed by atoms with van der Waals surface area (Å²) in [7, 11) is 1.04. The van der Waals surface area contributed by atoms with Crippen molar-refractivity contribution in [2.24, 2.45) is 0 Å². The molecule has 0 aromatic carbocycles. The Hall–Kier alpha value is -0.850. The second-order valence-electron chi connectivity index (χ2n) is 2.54. The summed E-state index contributed by atoms with van der Waals surface area (Å²) in [5.41, 5.74) is 0. The van der Waals surface area contributed by atoms with Gasteiger partial charge in [-0.1, -0.05) is 0 Å². The number of hydrogen-bond donors (Lipinski definition) is 0. The maximum Gasteiger partial charge on any atom is 0.334 e. The molecule has 0 saturated heterocycles. The number of esters is 1. The van der Waals surface area contributed by atoms with Gasteiger partial charge >= 0.3 is 18.3 Å². The SMILES string of the molecule is COC(=O)[C@H](C)OCC(F)(F)C(F)F. The van der Waals surface area contributed by atoms with E-state index in [0.29, 0.717) is 0 Å². The minimum absolute atomic E-state index is 0.893. The Labute approximate surface area is 78.0 Å². The van der Waals surface area contributed by atoms with E-state index in [0.717, 1.165) is 14.0 Å². The molecule has 84 valence electrons. The molecule has 14 heavy (non-hydrogen) atoms. The van der Waals surface area contributed by atoms with Crippen LogP contribution >= 0.6 is 0 Å². The molecule has 0 aliphatic heterocycles. The van der Waals surface area contributed by atoms with Gasteiger partial charge in [-0.15, -0.1) is 0 Å². The van der Waals surface area contributed by atoms with Crippen molar-refractivity contribution in [2.45, 2.75) is 25.4 Å². The lowest BCUT2D eigenvalue weighted by atomic mass is 10.3. The van der Waals surface area contributed by atoms with Gasteiger partial charge in [-0.25, -0.2) is 13.6 Å². The topological polar surface area (TPSA) is 35.5 Å². The number of halogens is 4. The maximum atomic E-state index is 12.2. The van der Waals surface area contributed by atoms with Crippen molar-refractivity contribution in [1.82, 2.24) is 0 Å². The van der Waals surface area contributed by atoms with Gasteiger partial charge in [0, 0.05) is 0 Å². The molecule has 0 aliphatic carbocycles. The minimum Gasteiger partial charge on any atom is -0.467 e. The molecule has 0 radical (unpaired) electrons. The van der Waals surface area contributed by atoms with Crippen LogP contribution in [0.1, 0.15) is 6.92 Å². The van der Waals surface area contributed by atoms with E-state index in [4.69, 9.17) is 0 Å². The van der Waals surface area contributed by atoms with Crippen LogP contribution in [0.5, 0.6) is 0 Å². The molecular formula is C7H10F4O3. The van der Waals surface area contributed by atoms with Crippen molar-refractivity contribution < 1.29 is 31.8 Å². The van der Waals surface area contributed by atoms with E-state index in [9.17, 15) is 22.4 Å². The third kappa shape index (κ3) is 3.91. The number of carbonyl (C=O) groups excluding carboxylic acids is 1. The predicted octanol–water partition coefficient (Wildman–Crippen LogP) is 1.46. The number of carbonyl (C=O) groups is 1. The number of methoxy groups -OCH3 is 1. The standard InChI is InChI=1S/C7H10F4O3/c1-4(5(12)13-2)14-3-7(10,11)6(8)9/h4,6H,3H2,1-2H3/t4-/m0/s1. The van der Waals surface area contributed by atoms with Crippen LogP contribution < -0.4 is 0 Å². The molecule has 0 bridgehead atoms. The number of hydrogen-bond acceptors (Lipinski definition) is 3. The molecule has 0 spiro atoms. The Bertz CT molecular complexity index is 195. The third-order valence-corrected chi connectivity index (χ3v) is 1.38. The van der Waals surface area contributed by atoms with Gasteiger partial charge in [0.1, 0.15) is 6.61 Å². The van der Waals surface area contributed by atoms with Crippen molar-refractivity contribution in [3.05, 3.63) is 0 Å². The van der Waals surface area contributed by atoms with Crippen molar-refractivity contribution in [2.75, 3.05) is 13.7 Å². The van der Waals surface area contributed by atoms with E-state index in [2.05, 4.69) is 9.47 Å². The van der Waals surface area contributed by atoms with Gasteiger partial charge in [0.15, 0.2) is 6.10 Å². The summed E-state index contributed by atoms with van der Waals surface area (Å²) in [5.74, 6) is -5.14. The average Bonchev–Trinajstić information content (AvgIpc) is 2.12. The number of ether oxygens (including phenoxy) is 2. The molecule has 0 rings (SSSR count). The van der Waals surface area contributed by atoms with Gasteiger partial charge in [-0.3, -0.25) is 0 Å². The Balaban J connectivity index is 3.99. The summed E-state index contributed by atoms with van der Waals surface area (Å²) in [6, 6.07) is 0. The van der Waals surface area contributed by atoms with Gasteiger partial charge in [0.2, 0.25) is 0 Å². The van der Waals surface area contributed by atoms with E-state index in [1.165, 1.54) is 0 Å². The van der Waals surface area contributed by atoms with Crippen LogP contribution in [0, 0.1) is 0 Å². The fraction of sp³-hybridized carbons (Fsp3) is 0.857. The van der Waals surface area contributed by atoms with Crippen LogP contribution in [-0.4, -0.2) is 38.1 Å². The Morgan fingerprint density at radius 1 is 1.43 bits per heavy atom. The zero-order valence-corrected chi connectivity index (χ0v) is 7.60. The van der Waals surface area contributed by atoms with Crippen LogP contribution in [0.25, 0.3) is 0 Å². The molecule has 3 nitrogen and oxygen atoms in total. The highest BCUT2D eigenvalue weighted by molar-refractivity contribution is 5.73. The molecule has 0 unspecified atom stereocenters. The van der Waals surface area contributed by atoms with Crippen LogP contribution in [0.2, 0.25) is 0 Å². The quantitative estimate of drug-likeness (QED) is 0.517. The highest BCUT2D eigenvalue weighted by atomic mass is 19.3. The molecule has 0 saturated carbocycles. The fourth-order valence-corrected chi connectivity index (χ4v) is 0.533. The van der Waals surface area contributed by atoms with Gasteiger partial charge in [-0.2, -0.15) is 8.78 Å². The van der Waals surface area contributed by atoms with Crippen LogP contribution in [-0.2, 0) is 14.3 Å². The second kappa shape index (κ2) is 5.14. The summed E-state index contributed by atoms with van der Waals surface area (Å²) in [5, 5.41) is 0. The first-order valence-electron chi connectivity index (χ1n) is 3.66. The van der Waals surface area contributed by atoms with E-state index in [1.807, 2.05) is 0 Å². The monoisotopic (exact) mass is 218 g/mol. The summed E-state index contributed by atoms with van der Waals surface area (Å²) in [6.07, 6.45) is -5.10. The maximum absolute atomic E-state index is 12.2. The molecule has 0 N–H and O–H groups in total. The molecular weight excluding hydrogens is 208 g/mol. The molecule has 0 aromatic rings. The van der Waals surface area contributed by atoms with Gasteiger partial charge in [0.05, 0.1) is 7.11 Å². The van der Waals surface area contributed by atoms with E-state index in [1.54, 1.807) is 0 Å². The summed E-state index contributed by atoms with van der Waals surface area (Å²) in [6.45, 7) is -0.381. The molecule has 0 heterocycles. The van der Waals surface area contributed by atoms with Gasteiger partial charge in [-0.05, 0) is 6.92 Å². The summed E-state index contributed by atoms with van der Waals surface area (Å²) >= 11 is 0. The first kappa shape index (κ1) is 13.2. The van der Waals surface area contributed by atoms with E-state index >= 15 is 0 Å². The molecule has 0 amide bonds. The normalized spacial score (nSPS) is 14.2. The first-order valence-corrected chi connectivity index (χ1v) is 3.66. The van der Waals surface area contributed by atoms with Gasteiger partial charge in [0.25, 0.3) is 0 Å². The van der Waals surface area contributed by atoms with Crippen LogP contribution in [0.3, 0.4) is 0 Å². The van der Waals surface area contributed by atoms with E-state index < -0.39 is 31.0 Å². The Kier molecular flexibility index (Phi) is 4.82. The van der Waals surface area contributed by atoms with Crippen molar-refractivity contribution in [3.63, 3.8) is 0 Å². The first-order chi connectivity index (χ1) is 6.31. The fourth-order valence-electron chi connectivity index (χ4n) is 0.533. The molecule has 1 atom stereocenters. The average molecular weight is 218 g/mol. The molecule has 7 heteroatoms. The lowest BCUT2D eigenvalue weighted by Gasteiger charge is -2.17. The zero-order valence-electron chi connectivity index (χ0n) is 7.60. The lowest BCUT2D eigenvalue weighted by molar-refractivity contribution is -0.184. The van der Waals surface area contributed by atoms with Crippen LogP contribution in [0.15, 0.2) is 0 Å². The lowest BCUT2D eigenvalue weighted by Crippen LogP contribution is -2.36. The minimum atomic E-state index is -4.25. The third-order valence-electron chi connectivity index (χ3n) is 1.38. The van der Waals surface area contributed by atoms with Gasteiger partial charge < -0.3 is 9.47 Å². The molecule has 0 aliphatic rings. The highest BCUT2D eigenvalue weighted by Crippen LogP contribution is 2.23. The second-order valence-corrected chi connectivity index (χ2v) is 2.54. The van der Waals surface area contributed by atoms with Crippen LogP contribution in [0.4, 0.5) is 17.6 Å². The number of alkyl halides is 4. The molecule has 0 fully saturated rings. The smallest absolute Gasteiger partial charge is 0.334 e. The zero-order chi connectivity index (χ0) is 11.4. The van der Waals surface area contributed by atoms with E-state index in [-0.39, 0.29) is 0 Å². The highest BCUT2D eigenvalue weighted by Gasteiger charge is 2.41. The summed E-state index contributed by atoms with van der Waals surface area (Å²) in [4.78, 5) is 10.6. The van der Waals surface area contributed by atoms with Crippen molar-refractivity contribution in [3.8, 4) is 0 Å². The summed E-state index contributed by atoms with van der Waals surface area (Å²) < 4.78 is 56.1. The van der Waals surface area contributed by atoms with Crippen molar-refractivity contribution in [1.29, 1.82) is 0 Å². The van der Waals surface area contributed by atoms with Crippen molar-refractivity contribution >= 4 is 5.97 Å². The largest absolute Gasteiger partial charge is 0.467 e. The number of rotatable bonds is 5. The molecule has 0 aromatic heterocycles. The Morgan fingerprint density at radius 3 is 2.29 bits per heavy atom.